The molecule has 1 atom stereocenters. The summed E-state index contributed by atoms with van der Waals surface area (Å²) in [6.45, 7) is 3.95. The van der Waals surface area contributed by atoms with Crippen LogP contribution in [-0.4, -0.2) is 5.11 Å². The normalized spacial score (nSPS) is 12.1. The molecular weight excluding hydrogens is 196 g/mol. The van der Waals surface area contributed by atoms with Crippen LogP contribution in [0.5, 0.6) is 0 Å². The summed E-state index contributed by atoms with van der Waals surface area (Å²) < 4.78 is 0. The average Bonchev–Trinajstić information content (AvgIpc) is 2.39. The van der Waals surface area contributed by atoms with E-state index >= 15 is 0 Å². The molecule has 0 fully saturated rings. The SMILES string of the molecule is [CH2-][C+](c1ccccc1)[C@@H](O)c1ccccc1. The summed E-state index contributed by atoms with van der Waals surface area (Å²) in [5, 5.41) is 10.1. The van der Waals surface area contributed by atoms with E-state index in [1.807, 2.05) is 60.7 Å². The van der Waals surface area contributed by atoms with Crippen molar-refractivity contribution in [3.63, 3.8) is 0 Å². The molecule has 0 amide bonds. The summed E-state index contributed by atoms with van der Waals surface area (Å²) in [5.74, 6) is 0.729. The first-order valence-corrected chi connectivity index (χ1v) is 5.26. The lowest BCUT2D eigenvalue weighted by Gasteiger charge is -2.19. The molecule has 0 heterocycles. The van der Waals surface area contributed by atoms with E-state index in [4.69, 9.17) is 0 Å². The molecule has 1 heteroatoms. The molecule has 2 aromatic rings. The van der Waals surface area contributed by atoms with Crippen molar-refractivity contribution in [2.24, 2.45) is 0 Å². The van der Waals surface area contributed by atoms with Gasteiger partial charge in [-0.1, -0.05) is 36.2 Å². The molecule has 16 heavy (non-hydrogen) atoms. The van der Waals surface area contributed by atoms with Crippen molar-refractivity contribution in [3.8, 4) is 0 Å². The van der Waals surface area contributed by atoms with Gasteiger partial charge in [-0.25, -0.2) is 0 Å². The molecule has 0 bridgehead atoms. The minimum Gasteiger partial charge on any atom is -0.375 e. The van der Waals surface area contributed by atoms with Crippen LogP contribution in [-0.2, 0) is 0 Å². The molecule has 0 aliphatic heterocycles. The first-order chi connectivity index (χ1) is 7.79. The fourth-order valence-electron chi connectivity index (χ4n) is 1.65. The van der Waals surface area contributed by atoms with Crippen LogP contribution in [0.4, 0.5) is 0 Å². The zero-order chi connectivity index (χ0) is 11.4. The van der Waals surface area contributed by atoms with Crippen molar-refractivity contribution in [2.45, 2.75) is 6.10 Å². The molecule has 0 radical (unpaired) electrons. The van der Waals surface area contributed by atoms with Crippen LogP contribution in [0, 0.1) is 12.8 Å². The van der Waals surface area contributed by atoms with E-state index in [9.17, 15) is 5.11 Å². The fraction of sp³-hybridized carbons (Fsp3) is 0.0667. The smallest absolute Gasteiger partial charge is 0.116 e. The average molecular weight is 210 g/mol. The molecule has 1 N–H and O–H groups in total. The van der Waals surface area contributed by atoms with Crippen molar-refractivity contribution in [3.05, 3.63) is 84.6 Å². The number of hydrogen-bond donors (Lipinski definition) is 1. The molecule has 0 spiro atoms. The molecule has 0 aliphatic rings. The van der Waals surface area contributed by atoms with E-state index in [0.29, 0.717) is 0 Å². The summed E-state index contributed by atoms with van der Waals surface area (Å²) in [5.41, 5.74) is 1.84. The van der Waals surface area contributed by atoms with Gasteiger partial charge < -0.3 is 5.11 Å². The number of aliphatic hydroxyl groups is 1. The highest BCUT2D eigenvalue weighted by molar-refractivity contribution is 5.38. The predicted molar refractivity (Wildman–Crippen MR) is 65.5 cm³/mol. The highest BCUT2D eigenvalue weighted by atomic mass is 16.3. The van der Waals surface area contributed by atoms with Crippen LogP contribution in [0.15, 0.2) is 60.7 Å². The fourth-order valence-corrected chi connectivity index (χ4v) is 1.65. The Kier molecular flexibility index (Phi) is 3.28. The van der Waals surface area contributed by atoms with Crippen LogP contribution in [0.1, 0.15) is 17.2 Å². The van der Waals surface area contributed by atoms with Gasteiger partial charge in [0.1, 0.15) is 11.7 Å². The minimum absolute atomic E-state index is 0.636. The van der Waals surface area contributed by atoms with E-state index in [1.165, 1.54) is 0 Å². The monoisotopic (exact) mass is 210 g/mol. The van der Waals surface area contributed by atoms with Crippen molar-refractivity contribution >= 4 is 0 Å². The van der Waals surface area contributed by atoms with Crippen molar-refractivity contribution < 1.29 is 5.11 Å². The van der Waals surface area contributed by atoms with Crippen LogP contribution in [0.25, 0.3) is 0 Å². The van der Waals surface area contributed by atoms with Gasteiger partial charge in [0.25, 0.3) is 0 Å². The third-order valence-electron chi connectivity index (χ3n) is 2.59. The molecule has 0 saturated carbocycles. The molecular formula is C15H14O. The Hall–Kier alpha value is -1.73. The lowest BCUT2D eigenvalue weighted by atomic mass is 9.91. The van der Waals surface area contributed by atoms with Gasteiger partial charge in [0.05, 0.1) is 0 Å². The molecule has 0 unspecified atom stereocenters. The highest BCUT2D eigenvalue weighted by Gasteiger charge is 2.17. The van der Waals surface area contributed by atoms with E-state index in [1.54, 1.807) is 0 Å². The third-order valence-corrected chi connectivity index (χ3v) is 2.59. The zero-order valence-electron chi connectivity index (χ0n) is 9.01. The summed E-state index contributed by atoms with van der Waals surface area (Å²) in [4.78, 5) is 0. The zero-order valence-corrected chi connectivity index (χ0v) is 9.01. The van der Waals surface area contributed by atoms with Gasteiger partial charge in [-0.3, -0.25) is 6.92 Å². The van der Waals surface area contributed by atoms with Gasteiger partial charge in [-0.15, -0.1) is 0 Å². The largest absolute Gasteiger partial charge is 0.375 e. The maximum absolute atomic E-state index is 10.1. The van der Waals surface area contributed by atoms with Gasteiger partial charge in [-0.05, 0) is 23.8 Å². The van der Waals surface area contributed by atoms with Gasteiger partial charge in [0, 0.05) is 12.1 Å². The maximum Gasteiger partial charge on any atom is 0.116 e. The van der Waals surface area contributed by atoms with Gasteiger partial charge in [-0.2, -0.15) is 0 Å². The maximum atomic E-state index is 10.1. The number of hydrogen-bond acceptors (Lipinski definition) is 1. The number of aliphatic hydroxyl groups excluding tert-OH is 1. The van der Waals surface area contributed by atoms with Crippen molar-refractivity contribution in [1.82, 2.24) is 0 Å². The molecule has 0 saturated heterocycles. The molecule has 2 aromatic carbocycles. The molecule has 1 nitrogen and oxygen atoms in total. The Morgan fingerprint density at radius 3 is 1.94 bits per heavy atom. The highest BCUT2D eigenvalue weighted by Crippen LogP contribution is 2.28. The molecule has 0 aromatic heterocycles. The Morgan fingerprint density at radius 2 is 1.38 bits per heavy atom. The quantitative estimate of drug-likeness (QED) is 0.771. The lowest BCUT2D eigenvalue weighted by molar-refractivity contribution is 0.202. The van der Waals surface area contributed by atoms with E-state index in [-0.39, 0.29) is 0 Å². The Bertz CT molecular complexity index is 378. The molecule has 2 rings (SSSR count). The first kappa shape index (κ1) is 10.8. The Morgan fingerprint density at radius 1 is 0.875 bits per heavy atom. The van der Waals surface area contributed by atoms with Crippen LogP contribution in [0.2, 0.25) is 0 Å². The summed E-state index contributed by atoms with van der Waals surface area (Å²) >= 11 is 0. The third kappa shape index (κ3) is 2.26. The second-order valence-electron chi connectivity index (χ2n) is 3.70. The predicted octanol–water partition coefficient (Wildman–Crippen LogP) is 3.18. The molecule has 80 valence electrons. The second-order valence-corrected chi connectivity index (χ2v) is 3.70. The number of rotatable bonds is 3. The van der Waals surface area contributed by atoms with Crippen LogP contribution >= 0.6 is 0 Å². The topological polar surface area (TPSA) is 20.2 Å². The summed E-state index contributed by atoms with van der Waals surface area (Å²) in [6.07, 6.45) is -0.636. The minimum atomic E-state index is -0.636. The van der Waals surface area contributed by atoms with E-state index in [0.717, 1.165) is 17.0 Å². The van der Waals surface area contributed by atoms with Crippen molar-refractivity contribution in [2.75, 3.05) is 0 Å². The number of benzene rings is 2. The van der Waals surface area contributed by atoms with Gasteiger partial charge in [0.2, 0.25) is 0 Å². The van der Waals surface area contributed by atoms with Crippen LogP contribution in [0.3, 0.4) is 0 Å². The lowest BCUT2D eigenvalue weighted by Crippen LogP contribution is -2.08. The summed E-state index contributed by atoms with van der Waals surface area (Å²) in [7, 11) is 0. The van der Waals surface area contributed by atoms with Gasteiger partial charge in [0.15, 0.2) is 0 Å². The Balaban J connectivity index is 2.20. The van der Waals surface area contributed by atoms with E-state index < -0.39 is 6.10 Å². The standard InChI is InChI=1S/C15H14O/c1-12(13-8-4-2-5-9-13)15(16)14-10-6-3-7-11-14/h2-11,15-16H,1H2/t15-/m1/s1. The van der Waals surface area contributed by atoms with Crippen molar-refractivity contribution in [1.29, 1.82) is 0 Å². The first-order valence-electron chi connectivity index (χ1n) is 5.26. The molecule has 0 aliphatic carbocycles. The van der Waals surface area contributed by atoms with Crippen LogP contribution < -0.4 is 0 Å². The summed E-state index contributed by atoms with van der Waals surface area (Å²) in [6, 6.07) is 19.3. The Labute approximate surface area is 96.4 Å². The second kappa shape index (κ2) is 4.86. The van der Waals surface area contributed by atoms with Gasteiger partial charge >= 0.3 is 0 Å². The van der Waals surface area contributed by atoms with E-state index in [2.05, 4.69) is 6.92 Å².